The van der Waals surface area contributed by atoms with Crippen molar-refractivity contribution in [2.45, 2.75) is 38.8 Å². The molecule has 1 aromatic carbocycles. The Bertz CT molecular complexity index is 632. The van der Waals surface area contributed by atoms with Crippen LogP contribution in [-0.2, 0) is 19.9 Å². The zero-order valence-corrected chi connectivity index (χ0v) is 14.9. The third-order valence-corrected chi connectivity index (χ3v) is 4.02. The highest BCUT2D eigenvalue weighted by Crippen LogP contribution is 2.28. The van der Waals surface area contributed by atoms with Gasteiger partial charge in [0.15, 0.2) is 0 Å². The standard InChI is InChI=1S/C18H25N3O4/c1-13(2)25-11-7-10-19-15(22)12-21-16(23)18(3,20-17(21)24)14-8-5-4-6-9-14/h4-6,8-9,13H,7,10-12H2,1-3H3,(H,19,22)(H,20,24)/t18-/m1/s1. The Kier molecular flexibility index (Phi) is 6.14. The Morgan fingerprint density at radius 3 is 2.60 bits per heavy atom. The number of carbonyl (C=O) groups excluding carboxylic acids is 3. The summed E-state index contributed by atoms with van der Waals surface area (Å²) in [6.07, 6.45) is 0.823. The van der Waals surface area contributed by atoms with Crippen LogP contribution >= 0.6 is 0 Å². The van der Waals surface area contributed by atoms with Gasteiger partial charge in [-0.1, -0.05) is 30.3 Å². The summed E-state index contributed by atoms with van der Waals surface area (Å²) < 4.78 is 5.39. The average molecular weight is 347 g/mol. The van der Waals surface area contributed by atoms with Crippen LogP contribution in [0.4, 0.5) is 4.79 Å². The lowest BCUT2D eigenvalue weighted by molar-refractivity contribution is -0.134. The summed E-state index contributed by atoms with van der Waals surface area (Å²) in [6.45, 7) is 6.22. The topological polar surface area (TPSA) is 87.7 Å². The summed E-state index contributed by atoms with van der Waals surface area (Å²) >= 11 is 0. The molecule has 1 aromatic rings. The molecule has 0 aliphatic carbocycles. The average Bonchev–Trinajstić information content (AvgIpc) is 2.79. The molecule has 0 bridgehead atoms. The van der Waals surface area contributed by atoms with E-state index < -0.39 is 17.5 Å². The van der Waals surface area contributed by atoms with Gasteiger partial charge in [-0.3, -0.25) is 14.5 Å². The smallest absolute Gasteiger partial charge is 0.325 e. The van der Waals surface area contributed by atoms with E-state index in [9.17, 15) is 14.4 Å². The Labute approximate surface area is 147 Å². The highest BCUT2D eigenvalue weighted by molar-refractivity contribution is 6.09. The number of amides is 4. The van der Waals surface area contributed by atoms with Crippen molar-refractivity contribution in [1.82, 2.24) is 15.5 Å². The molecule has 136 valence electrons. The van der Waals surface area contributed by atoms with Crippen LogP contribution in [0.25, 0.3) is 0 Å². The molecule has 0 unspecified atom stereocenters. The third-order valence-electron chi connectivity index (χ3n) is 4.02. The van der Waals surface area contributed by atoms with Crippen LogP contribution in [0.1, 0.15) is 32.8 Å². The normalized spacial score (nSPS) is 20.1. The molecular formula is C18H25N3O4. The van der Waals surface area contributed by atoms with Crippen LogP contribution in [0.2, 0.25) is 0 Å². The molecular weight excluding hydrogens is 322 g/mol. The fourth-order valence-corrected chi connectivity index (χ4v) is 2.63. The van der Waals surface area contributed by atoms with Gasteiger partial charge < -0.3 is 15.4 Å². The molecule has 1 aliphatic heterocycles. The SMILES string of the molecule is CC(C)OCCCNC(=O)CN1C(=O)N[C@](C)(c2ccccc2)C1=O. The maximum absolute atomic E-state index is 12.7. The Morgan fingerprint density at radius 2 is 1.96 bits per heavy atom. The summed E-state index contributed by atoms with van der Waals surface area (Å²) in [4.78, 5) is 37.8. The van der Waals surface area contributed by atoms with Crippen molar-refractivity contribution in [1.29, 1.82) is 0 Å². The lowest BCUT2D eigenvalue weighted by Crippen LogP contribution is -2.43. The molecule has 0 spiro atoms. The molecule has 4 amide bonds. The number of carbonyl (C=O) groups is 3. The Morgan fingerprint density at radius 1 is 1.28 bits per heavy atom. The summed E-state index contributed by atoms with van der Waals surface area (Å²) in [6, 6.07) is 8.42. The van der Waals surface area contributed by atoms with Crippen LogP contribution in [0.15, 0.2) is 30.3 Å². The van der Waals surface area contributed by atoms with Gasteiger partial charge in [0.05, 0.1) is 6.10 Å². The first kappa shape index (κ1) is 18.9. The van der Waals surface area contributed by atoms with E-state index in [4.69, 9.17) is 4.74 Å². The molecule has 2 N–H and O–H groups in total. The van der Waals surface area contributed by atoms with Crippen molar-refractivity contribution in [3.63, 3.8) is 0 Å². The van der Waals surface area contributed by atoms with E-state index in [2.05, 4.69) is 10.6 Å². The largest absolute Gasteiger partial charge is 0.379 e. The maximum atomic E-state index is 12.7. The molecule has 1 atom stereocenters. The van der Waals surface area contributed by atoms with Crippen molar-refractivity contribution in [2.75, 3.05) is 19.7 Å². The summed E-state index contributed by atoms with van der Waals surface area (Å²) in [5.41, 5.74) is -0.467. The van der Waals surface area contributed by atoms with E-state index in [-0.39, 0.29) is 18.6 Å². The van der Waals surface area contributed by atoms with Gasteiger partial charge in [0.25, 0.3) is 5.91 Å². The lowest BCUT2D eigenvalue weighted by atomic mass is 9.92. The first-order chi connectivity index (χ1) is 11.8. The number of benzene rings is 1. The van der Waals surface area contributed by atoms with Crippen LogP contribution < -0.4 is 10.6 Å². The number of imide groups is 1. The maximum Gasteiger partial charge on any atom is 0.325 e. The molecule has 0 saturated carbocycles. The van der Waals surface area contributed by atoms with Crippen molar-refractivity contribution in [2.24, 2.45) is 0 Å². The molecule has 7 nitrogen and oxygen atoms in total. The first-order valence-corrected chi connectivity index (χ1v) is 8.42. The van der Waals surface area contributed by atoms with Gasteiger partial charge in [-0.2, -0.15) is 0 Å². The van der Waals surface area contributed by atoms with Gasteiger partial charge in [0, 0.05) is 13.2 Å². The highest BCUT2D eigenvalue weighted by Gasteiger charge is 2.49. The number of hydrogen-bond acceptors (Lipinski definition) is 4. The monoisotopic (exact) mass is 347 g/mol. The fraction of sp³-hybridized carbons (Fsp3) is 0.500. The summed E-state index contributed by atoms with van der Waals surface area (Å²) in [7, 11) is 0. The predicted molar refractivity (Wildman–Crippen MR) is 92.8 cm³/mol. The minimum Gasteiger partial charge on any atom is -0.379 e. The molecule has 1 fully saturated rings. The van der Waals surface area contributed by atoms with Crippen molar-refractivity contribution < 1.29 is 19.1 Å². The number of urea groups is 1. The van der Waals surface area contributed by atoms with Gasteiger partial charge in [-0.05, 0) is 32.8 Å². The van der Waals surface area contributed by atoms with E-state index in [0.29, 0.717) is 25.1 Å². The minimum absolute atomic E-state index is 0.150. The van der Waals surface area contributed by atoms with Crippen molar-refractivity contribution in [3.05, 3.63) is 35.9 Å². The third kappa shape index (κ3) is 4.57. The second kappa shape index (κ2) is 8.11. The minimum atomic E-state index is -1.15. The second-order valence-electron chi connectivity index (χ2n) is 6.44. The van der Waals surface area contributed by atoms with Crippen LogP contribution in [-0.4, -0.2) is 48.5 Å². The van der Waals surface area contributed by atoms with Crippen LogP contribution in [0, 0.1) is 0 Å². The van der Waals surface area contributed by atoms with E-state index in [1.807, 2.05) is 19.9 Å². The molecule has 2 rings (SSSR count). The zero-order valence-electron chi connectivity index (χ0n) is 14.9. The Balaban J connectivity index is 1.89. The van der Waals surface area contributed by atoms with E-state index in [0.717, 1.165) is 4.90 Å². The number of hydrogen-bond donors (Lipinski definition) is 2. The van der Waals surface area contributed by atoms with Crippen molar-refractivity contribution >= 4 is 17.8 Å². The quantitative estimate of drug-likeness (QED) is 0.549. The summed E-state index contributed by atoms with van der Waals surface area (Å²) in [5, 5.41) is 5.38. The fourth-order valence-electron chi connectivity index (χ4n) is 2.63. The van der Waals surface area contributed by atoms with Crippen LogP contribution in [0.3, 0.4) is 0 Å². The molecule has 1 heterocycles. The number of nitrogens with zero attached hydrogens (tertiary/aromatic N) is 1. The molecule has 25 heavy (non-hydrogen) atoms. The molecule has 7 heteroatoms. The lowest BCUT2D eigenvalue weighted by Gasteiger charge is -2.22. The molecule has 1 aliphatic rings. The molecule has 0 aromatic heterocycles. The number of nitrogens with one attached hydrogen (secondary N) is 2. The molecule has 0 radical (unpaired) electrons. The van der Waals surface area contributed by atoms with Gasteiger partial charge in [-0.25, -0.2) is 4.79 Å². The van der Waals surface area contributed by atoms with Gasteiger partial charge in [0.1, 0.15) is 12.1 Å². The van der Waals surface area contributed by atoms with Gasteiger partial charge >= 0.3 is 6.03 Å². The predicted octanol–water partition coefficient (Wildman–Crippen LogP) is 1.38. The first-order valence-electron chi connectivity index (χ1n) is 8.42. The highest BCUT2D eigenvalue weighted by atomic mass is 16.5. The number of rotatable bonds is 8. The number of ether oxygens (including phenoxy) is 1. The van der Waals surface area contributed by atoms with E-state index in [1.54, 1.807) is 31.2 Å². The van der Waals surface area contributed by atoms with Gasteiger partial charge in [-0.15, -0.1) is 0 Å². The summed E-state index contributed by atoms with van der Waals surface area (Å²) in [5.74, 6) is -0.799. The van der Waals surface area contributed by atoms with Gasteiger partial charge in [0.2, 0.25) is 5.91 Å². The van der Waals surface area contributed by atoms with Crippen LogP contribution in [0.5, 0.6) is 0 Å². The van der Waals surface area contributed by atoms with E-state index in [1.165, 1.54) is 0 Å². The Hall–Kier alpha value is -2.41. The zero-order chi connectivity index (χ0) is 18.4. The van der Waals surface area contributed by atoms with Crippen molar-refractivity contribution in [3.8, 4) is 0 Å². The second-order valence-corrected chi connectivity index (χ2v) is 6.44. The molecule has 1 saturated heterocycles. The van der Waals surface area contributed by atoms with E-state index >= 15 is 0 Å².